The van der Waals surface area contributed by atoms with Gasteiger partial charge in [0.25, 0.3) is 0 Å². The van der Waals surface area contributed by atoms with Crippen LogP contribution in [0.2, 0.25) is 0 Å². The minimum absolute atomic E-state index is 0.0871. The van der Waals surface area contributed by atoms with E-state index in [2.05, 4.69) is 28.2 Å². The zero-order chi connectivity index (χ0) is 13.2. The molecule has 2 fully saturated rings. The molecule has 0 radical (unpaired) electrons. The van der Waals surface area contributed by atoms with Crippen molar-refractivity contribution in [2.75, 3.05) is 11.9 Å². The highest BCUT2D eigenvalue weighted by Crippen LogP contribution is 2.37. The first kappa shape index (κ1) is 12.9. The van der Waals surface area contributed by atoms with Gasteiger partial charge in [-0.3, -0.25) is 4.90 Å². The van der Waals surface area contributed by atoms with Crippen LogP contribution < -0.4 is 5.32 Å². The normalized spacial score (nSPS) is 30.5. The number of piperidine rings is 1. The number of pyridine rings is 1. The van der Waals surface area contributed by atoms with Gasteiger partial charge in [-0.25, -0.2) is 4.98 Å². The lowest BCUT2D eigenvalue weighted by atomic mass is 9.99. The smallest absolute Gasteiger partial charge is 0.130 e. The van der Waals surface area contributed by atoms with Crippen molar-refractivity contribution in [1.29, 1.82) is 0 Å². The number of nitrogens with one attached hydrogen (secondary N) is 1. The number of rotatable bonds is 4. The van der Waals surface area contributed by atoms with Gasteiger partial charge in [-0.1, -0.05) is 6.07 Å². The molecular weight excluding hydrogens is 238 g/mol. The fourth-order valence-electron chi connectivity index (χ4n) is 3.59. The van der Waals surface area contributed by atoms with Crippen LogP contribution in [0, 0.1) is 0 Å². The highest BCUT2D eigenvalue weighted by atomic mass is 16.3. The van der Waals surface area contributed by atoms with Crippen LogP contribution in [-0.2, 0) is 6.54 Å². The number of fused-ring (bicyclic) bond motifs is 2. The van der Waals surface area contributed by atoms with Crippen LogP contribution in [0.4, 0.5) is 5.82 Å². The first-order valence-electron chi connectivity index (χ1n) is 7.39. The lowest BCUT2D eigenvalue weighted by molar-refractivity contribution is 0.0311. The van der Waals surface area contributed by atoms with Crippen molar-refractivity contribution >= 4 is 5.82 Å². The Hall–Kier alpha value is -1.13. The highest BCUT2D eigenvalue weighted by Gasteiger charge is 2.40. The average molecular weight is 261 g/mol. The fourth-order valence-corrected chi connectivity index (χ4v) is 3.59. The molecule has 0 spiro atoms. The molecule has 2 aliphatic rings. The number of hydrogen-bond donors (Lipinski definition) is 2. The maximum absolute atomic E-state index is 9.86. The van der Waals surface area contributed by atoms with Crippen LogP contribution >= 0.6 is 0 Å². The van der Waals surface area contributed by atoms with Gasteiger partial charge in [0.2, 0.25) is 0 Å². The summed E-state index contributed by atoms with van der Waals surface area (Å²) < 4.78 is 0. The molecule has 2 aliphatic heterocycles. The lowest BCUT2D eigenvalue weighted by Gasteiger charge is -2.37. The van der Waals surface area contributed by atoms with Crippen LogP contribution in [0.15, 0.2) is 18.3 Å². The average Bonchev–Trinajstić information content (AvgIpc) is 2.64. The van der Waals surface area contributed by atoms with Gasteiger partial charge in [0, 0.05) is 36.9 Å². The summed E-state index contributed by atoms with van der Waals surface area (Å²) >= 11 is 0. The largest absolute Gasteiger partial charge is 0.393 e. The standard InChI is InChI=1S/C15H23N3O/c1-2-16-15-11(4-3-7-17-15)10-18-12-5-6-13(18)9-14(19)8-12/h3-4,7,12-14,19H,2,5-6,8-10H2,1H3,(H,16,17). The molecular formula is C15H23N3O. The van der Waals surface area contributed by atoms with Crippen molar-refractivity contribution in [3.05, 3.63) is 23.9 Å². The van der Waals surface area contributed by atoms with E-state index in [0.29, 0.717) is 12.1 Å². The maximum atomic E-state index is 9.86. The van der Waals surface area contributed by atoms with E-state index in [9.17, 15) is 5.11 Å². The van der Waals surface area contributed by atoms with Gasteiger partial charge >= 0.3 is 0 Å². The van der Waals surface area contributed by atoms with Crippen molar-refractivity contribution in [3.8, 4) is 0 Å². The molecule has 2 saturated heterocycles. The molecule has 2 N–H and O–H groups in total. The first-order chi connectivity index (χ1) is 9.28. The minimum atomic E-state index is -0.0871. The molecule has 0 aliphatic carbocycles. The van der Waals surface area contributed by atoms with Crippen molar-refractivity contribution in [2.24, 2.45) is 0 Å². The van der Waals surface area contributed by atoms with Gasteiger partial charge in [-0.2, -0.15) is 0 Å². The van der Waals surface area contributed by atoms with Gasteiger partial charge in [0.05, 0.1) is 6.10 Å². The summed E-state index contributed by atoms with van der Waals surface area (Å²) in [5.74, 6) is 1.01. The molecule has 3 rings (SSSR count). The van der Waals surface area contributed by atoms with Gasteiger partial charge in [-0.15, -0.1) is 0 Å². The summed E-state index contributed by atoms with van der Waals surface area (Å²) in [6.07, 6.45) is 6.10. The molecule has 2 bridgehead atoms. The Kier molecular flexibility index (Phi) is 3.71. The second kappa shape index (κ2) is 5.47. The molecule has 2 unspecified atom stereocenters. The molecule has 1 aromatic rings. The molecule has 2 atom stereocenters. The number of hydrogen-bond acceptors (Lipinski definition) is 4. The summed E-state index contributed by atoms with van der Waals surface area (Å²) in [7, 11) is 0. The molecule has 0 saturated carbocycles. The third kappa shape index (κ3) is 2.60. The number of aliphatic hydroxyl groups excluding tert-OH is 1. The van der Waals surface area contributed by atoms with Crippen molar-refractivity contribution < 1.29 is 5.11 Å². The van der Waals surface area contributed by atoms with E-state index in [1.54, 1.807) is 0 Å². The molecule has 4 nitrogen and oxygen atoms in total. The zero-order valence-corrected chi connectivity index (χ0v) is 11.5. The second-order valence-electron chi connectivity index (χ2n) is 5.72. The van der Waals surface area contributed by atoms with E-state index < -0.39 is 0 Å². The minimum Gasteiger partial charge on any atom is -0.393 e. The SMILES string of the molecule is CCNc1ncccc1CN1C2CCC1CC(O)C2. The van der Waals surface area contributed by atoms with E-state index >= 15 is 0 Å². The maximum Gasteiger partial charge on any atom is 0.130 e. The van der Waals surface area contributed by atoms with E-state index in [0.717, 1.165) is 31.7 Å². The Bertz CT molecular complexity index is 423. The first-order valence-corrected chi connectivity index (χ1v) is 7.39. The summed E-state index contributed by atoms with van der Waals surface area (Å²) in [5.41, 5.74) is 1.28. The van der Waals surface area contributed by atoms with Gasteiger partial charge < -0.3 is 10.4 Å². The summed E-state index contributed by atoms with van der Waals surface area (Å²) in [6, 6.07) is 5.29. The van der Waals surface area contributed by atoms with Crippen LogP contribution in [0.25, 0.3) is 0 Å². The van der Waals surface area contributed by atoms with Crippen LogP contribution in [0.5, 0.6) is 0 Å². The fraction of sp³-hybridized carbons (Fsp3) is 0.667. The summed E-state index contributed by atoms with van der Waals surface area (Å²) in [5, 5.41) is 13.2. The Morgan fingerprint density at radius 1 is 1.37 bits per heavy atom. The molecule has 4 heteroatoms. The highest BCUT2D eigenvalue weighted by molar-refractivity contribution is 5.43. The monoisotopic (exact) mass is 261 g/mol. The molecule has 1 aromatic heterocycles. The molecule has 0 aromatic carbocycles. The lowest BCUT2D eigenvalue weighted by Crippen LogP contribution is -2.44. The Balaban J connectivity index is 1.75. The van der Waals surface area contributed by atoms with Crippen molar-refractivity contribution in [1.82, 2.24) is 9.88 Å². The van der Waals surface area contributed by atoms with E-state index in [1.165, 1.54) is 18.4 Å². The number of nitrogens with zero attached hydrogens (tertiary/aromatic N) is 2. The quantitative estimate of drug-likeness (QED) is 0.870. The third-order valence-corrected chi connectivity index (χ3v) is 4.45. The van der Waals surface area contributed by atoms with Crippen LogP contribution in [0.3, 0.4) is 0 Å². The van der Waals surface area contributed by atoms with Gasteiger partial charge in [0.1, 0.15) is 5.82 Å². The van der Waals surface area contributed by atoms with Crippen molar-refractivity contribution in [3.63, 3.8) is 0 Å². The third-order valence-electron chi connectivity index (χ3n) is 4.45. The number of aliphatic hydroxyl groups is 1. The number of anilines is 1. The van der Waals surface area contributed by atoms with Crippen LogP contribution in [0.1, 0.15) is 38.2 Å². The predicted molar refractivity (Wildman–Crippen MR) is 76.0 cm³/mol. The van der Waals surface area contributed by atoms with Gasteiger partial charge in [-0.05, 0) is 38.7 Å². The van der Waals surface area contributed by atoms with Crippen molar-refractivity contribution in [2.45, 2.75) is 57.3 Å². The second-order valence-corrected chi connectivity index (χ2v) is 5.72. The van der Waals surface area contributed by atoms with E-state index in [4.69, 9.17) is 0 Å². The molecule has 19 heavy (non-hydrogen) atoms. The molecule has 104 valence electrons. The number of aromatic nitrogens is 1. The summed E-state index contributed by atoms with van der Waals surface area (Å²) in [6.45, 7) is 3.95. The molecule has 3 heterocycles. The Morgan fingerprint density at radius 3 is 2.79 bits per heavy atom. The Morgan fingerprint density at radius 2 is 2.11 bits per heavy atom. The van der Waals surface area contributed by atoms with Gasteiger partial charge in [0.15, 0.2) is 0 Å². The van der Waals surface area contributed by atoms with E-state index in [1.807, 2.05) is 12.3 Å². The topological polar surface area (TPSA) is 48.4 Å². The van der Waals surface area contributed by atoms with E-state index in [-0.39, 0.29) is 6.10 Å². The zero-order valence-electron chi connectivity index (χ0n) is 11.5. The summed E-state index contributed by atoms with van der Waals surface area (Å²) in [4.78, 5) is 7.01. The molecule has 0 amide bonds. The Labute approximate surface area is 114 Å². The van der Waals surface area contributed by atoms with Crippen LogP contribution in [-0.4, -0.2) is 39.7 Å². The predicted octanol–water partition coefficient (Wildman–Crippen LogP) is 2.00.